The van der Waals surface area contributed by atoms with Crippen LogP contribution in [-0.2, 0) is 4.79 Å². The van der Waals surface area contributed by atoms with Gasteiger partial charge in [-0.15, -0.1) is 11.3 Å². The highest BCUT2D eigenvalue weighted by molar-refractivity contribution is 7.17. The largest absolute Gasteiger partial charge is 0.345 e. The Bertz CT molecular complexity index is 574. The first-order valence-corrected chi connectivity index (χ1v) is 5.85. The van der Waals surface area contributed by atoms with Gasteiger partial charge in [0.1, 0.15) is 0 Å². The lowest BCUT2D eigenvalue weighted by atomic mass is 10.1. The molecule has 2 rings (SSSR count). The van der Waals surface area contributed by atoms with Gasteiger partial charge in [0, 0.05) is 22.6 Å². The Balaban J connectivity index is 2.20. The fourth-order valence-electron chi connectivity index (χ4n) is 1.41. The Morgan fingerprint density at radius 3 is 3.12 bits per heavy atom. The number of benzene rings is 1. The van der Waals surface area contributed by atoms with Crippen LogP contribution >= 0.6 is 11.3 Å². The second-order valence-electron chi connectivity index (χ2n) is 3.35. The molecule has 3 heteroatoms. The van der Waals surface area contributed by atoms with Crippen LogP contribution in [0.5, 0.6) is 0 Å². The van der Waals surface area contributed by atoms with Crippen molar-refractivity contribution in [2.24, 2.45) is 0 Å². The number of carbonyl (C=O) groups excluding carboxylic acids is 1. The summed E-state index contributed by atoms with van der Waals surface area (Å²) >= 11 is 1.71. The van der Waals surface area contributed by atoms with E-state index in [1.54, 1.807) is 11.3 Å². The summed E-state index contributed by atoms with van der Waals surface area (Å²) in [5.74, 6) is 5.96. The third kappa shape index (κ3) is 2.41. The van der Waals surface area contributed by atoms with Crippen molar-refractivity contribution in [1.82, 2.24) is 5.32 Å². The number of nitrogens with one attached hydrogen (secondary N) is 1. The minimum absolute atomic E-state index is 0.0527. The number of hydrogen-bond donors (Lipinski definition) is 1. The molecule has 0 aliphatic carbocycles. The highest BCUT2D eigenvalue weighted by Crippen LogP contribution is 2.23. The molecule has 2 nitrogen and oxygen atoms in total. The van der Waals surface area contributed by atoms with Gasteiger partial charge in [-0.05, 0) is 23.6 Å². The Kier molecular flexibility index (Phi) is 3.23. The van der Waals surface area contributed by atoms with Crippen LogP contribution in [0.4, 0.5) is 0 Å². The predicted molar refractivity (Wildman–Crippen MR) is 67.4 cm³/mol. The molecule has 0 saturated heterocycles. The summed E-state index contributed by atoms with van der Waals surface area (Å²) < 4.78 is 1.24. The molecule has 16 heavy (non-hydrogen) atoms. The average molecular weight is 229 g/mol. The molecule has 0 atom stereocenters. The first-order valence-electron chi connectivity index (χ1n) is 4.97. The maximum Gasteiger partial charge on any atom is 0.217 e. The van der Waals surface area contributed by atoms with Crippen molar-refractivity contribution < 1.29 is 4.79 Å². The number of carbonyl (C=O) groups is 1. The molecule has 0 bridgehead atoms. The minimum Gasteiger partial charge on any atom is -0.345 e. The monoisotopic (exact) mass is 229 g/mol. The van der Waals surface area contributed by atoms with Gasteiger partial charge in [0.15, 0.2) is 0 Å². The summed E-state index contributed by atoms with van der Waals surface area (Å²) in [5, 5.41) is 5.89. The van der Waals surface area contributed by atoms with Crippen LogP contribution in [0, 0.1) is 11.8 Å². The molecule has 0 radical (unpaired) electrons. The first kappa shape index (κ1) is 10.7. The first-order chi connectivity index (χ1) is 7.77. The van der Waals surface area contributed by atoms with Gasteiger partial charge in [-0.3, -0.25) is 4.79 Å². The van der Waals surface area contributed by atoms with Crippen molar-refractivity contribution in [2.75, 3.05) is 6.54 Å². The van der Waals surface area contributed by atoms with Crippen molar-refractivity contribution in [3.8, 4) is 11.8 Å². The standard InChI is InChI=1S/C13H11NOS/c1-10(15)14-8-3-5-11-4-2-6-13-12(11)7-9-16-13/h2,4,6-7,9H,8H2,1H3,(H,14,15). The molecule has 1 aromatic heterocycles. The van der Waals surface area contributed by atoms with Gasteiger partial charge in [0.05, 0.1) is 6.54 Å². The molecule has 0 aliphatic heterocycles. The van der Waals surface area contributed by atoms with Crippen LogP contribution in [0.3, 0.4) is 0 Å². The van der Waals surface area contributed by atoms with Gasteiger partial charge in [-0.1, -0.05) is 17.9 Å². The molecule has 2 aromatic rings. The second-order valence-corrected chi connectivity index (χ2v) is 4.30. The van der Waals surface area contributed by atoms with E-state index in [1.807, 2.05) is 12.1 Å². The number of hydrogen-bond acceptors (Lipinski definition) is 2. The Hall–Kier alpha value is -1.79. The fraction of sp³-hybridized carbons (Fsp3) is 0.154. The molecule has 0 aliphatic rings. The summed E-state index contributed by atoms with van der Waals surface area (Å²) in [4.78, 5) is 10.6. The van der Waals surface area contributed by atoms with Gasteiger partial charge in [0.25, 0.3) is 0 Å². The summed E-state index contributed by atoms with van der Waals surface area (Å²) in [6, 6.07) is 8.15. The molecule has 1 heterocycles. The van der Waals surface area contributed by atoms with E-state index in [-0.39, 0.29) is 5.91 Å². The van der Waals surface area contributed by atoms with Gasteiger partial charge >= 0.3 is 0 Å². The third-order valence-corrected chi connectivity index (χ3v) is 3.03. The summed E-state index contributed by atoms with van der Waals surface area (Å²) in [7, 11) is 0. The van der Waals surface area contributed by atoms with Gasteiger partial charge in [-0.2, -0.15) is 0 Å². The van der Waals surface area contributed by atoms with E-state index in [2.05, 4.69) is 34.7 Å². The van der Waals surface area contributed by atoms with E-state index in [0.29, 0.717) is 6.54 Å². The van der Waals surface area contributed by atoms with Gasteiger partial charge < -0.3 is 5.32 Å². The summed E-state index contributed by atoms with van der Waals surface area (Å²) in [6.07, 6.45) is 0. The predicted octanol–water partition coefficient (Wildman–Crippen LogP) is 2.39. The van der Waals surface area contributed by atoms with Crippen LogP contribution in [0.1, 0.15) is 12.5 Å². The molecule has 1 aromatic carbocycles. The van der Waals surface area contributed by atoms with Crippen molar-refractivity contribution in [3.05, 3.63) is 35.2 Å². The Labute approximate surface area is 98.3 Å². The number of fused-ring (bicyclic) bond motifs is 1. The molecule has 0 fully saturated rings. The highest BCUT2D eigenvalue weighted by atomic mass is 32.1. The Morgan fingerprint density at radius 2 is 2.31 bits per heavy atom. The van der Waals surface area contributed by atoms with Gasteiger partial charge in [-0.25, -0.2) is 0 Å². The average Bonchev–Trinajstić information content (AvgIpc) is 2.72. The SMILES string of the molecule is CC(=O)NCC#Cc1cccc2sccc12. The maximum atomic E-state index is 10.6. The normalized spacial score (nSPS) is 9.56. The lowest BCUT2D eigenvalue weighted by Crippen LogP contribution is -2.19. The molecule has 1 N–H and O–H groups in total. The van der Waals surface area contributed by atoms with Crippen molar-refractivity contribution in [2.45, 2.75) is 6.92 Å². The Morgan fingerprint density at radius 1 is 1.44 bits per heavy atom. The summed E-state index contributed by atoms with van der Waals surface area (Å²) in [5.41, 5.74) is 1.02. The summed E-state index contributed by atoms with van der Waals surface area (Å²) in [6.45, 7) is 1.89. The van der Waals surface area contributed by atoms with E-state index < -0.39 is 0 Å². The van der Waals surface area contributed by atoms with Crippen molar-refractivity contribution in [1.29, 1.82) is 0 Å². The molecule has 1 amide bonds. The van der Waals surface area contributed by atoms with Gasteiger partial charge in [0.2, 0.25) is 5.91 Å². The number of thiophene rings is 1. The molecule has 80 valence electrons. The van der Waals surface area contributed by atoms with Crippen LogP contribution in [0.2, 0.25) is 0 Å². The van der Waals surface area contributed by atoms with E-state index in [4.69, 9.17) is 0 Å². The van der Waals surface area contributed by atoms with Crippen LogP contribution in [0.25, 0.3) is 10.1 Å². The zero-order valence-electron chi connectivity index (χ0n) is 8.91. The highest BCUT2D eigenvalue weighted by Gasteiger charge is 1.97. The second kappa shape index (κ2) is 4.82. The van der Waals surface area contributed by atoms with Crippen LogP contribution in [0.15, 0.2) is 29.6 Å². The lowest BCUT2D eigenvalue weighted by molar-refractivity contribution is -0.118. The maximum absolute atomic E-state index is 10.6. The lowest BCUT2D eigenvalue weighted by Gasteiger charge is -1.94. The molecule has 0 unspecified atom stereocenters. The topological polar surface area (TPSA) is 29.1 Å². The smallest absolute Gasteiger partial charge is 0.217 e. The van der Waals surface area contributed by atoms with Crippen LogP contribution < -0.4 is 5.32 Å². The molecule has 0 spiro atoms. The number of amides is 1. The molecular weight excluding hydrogens is 218 g/mol. The fourth-order valence-corrected chi connectivity index (χ4v) is 2.22. The van der Waals surface area contributed by atoms with E-state index >= 15 is 0 Å². The minimum atomic E-state index is -0.0527. The quantitative estimate of drug-likeness (QED) is 0.747. The van der Waals surface area contributed by atoms with Crippen LogP contribution in [-0.4, -0.2) is 12.5 Å². The van der Waals surface area contributed by atoms with E-state index in [9.17, 15) is 4.79 Å². The third-order valence-electron chi connectivity index (χ3n) is 2.14. The van der Waals surface area contributed by atoms with Crippen molar-refractivity contribution >= 4 is 27.3 Å². The zero-order valence-corrected chi connectivity index (χ0v) is 9.73. The molecular formula is C13H11NOS. The zero-order chi connectivity index (χ0) is 11.4. The number of rotatable bonds is 1. The van der Waals surface area contributed by atoms with E-state index in [1.165, 1.54) is 17.0 Å². The van der Waals surface area contributed by atoms with Crippen molar-refractivity contribution in [3.63, 3.8) is 0 Å². The molecule has 0 saturated carbocycles. The van der Waals surface area contributed by atoms with E-state index in [0.717, 1.165) is 5.56 Å².